The van der Waals surface area contributed by atoms with Gasteiger partial charge in [-0.1, -0.05) is 37.5 Å². The number of nitrogens with zero attached hydrogens (tertiary/aromatic N) is 2. The number of hydrogen-bond donors (Lipinski definition) is 0. The van der Waals surface area contributed by atoms with Gasteiger partial charge >= 0.3 is 0 Å². The van der Waals surface area contributed by atoms with Crippen LogP contribution in [-0.4, -0.2) is 50.2 Å². The van der Waals surface area contributed by atoms with E-state index in [9.17, 15) is 4.79 Å². The van der Waals surface area contributed by atoms with Crippen LogP contribution < -0.4 is 4.90 Å². The molecule has 1 aromatic carbocycles. The number of carbonyl (C=O) groups excluding carboxylic acids is 1. The van der Waals surface area contributed by atoms with Gasteiger partial charge in [-0.3, -0.25) is 4.79 Å². The molecule has 0 bridgehead atoms. The average Bonchev–Trinajstić information content (AvgIpc) is 2.73. The summed E-state index contributed by atoms with van der Waals surface area (Å²) < 4.78 is 5.40. The summed E-state index contributed by atoms with van der Waals surface area (Å²) in [6.45, 7) is 8.74. The lowest BCUT2D eigenvalue weighted by Gasteiger charge is -2.29. The van der Waals surface area contributed by atoms with Gasteiger partial charge in [0.25, 0.3) is 0 Å². The lowest BCUT2D eigenvalue weighted by molar-refractivity contribution is -0.126. The van der Waals surface area contributed by atoms with Crippen molar-refractivity contribution in [1.82, 2.24) is 4.90 Å². The van der Waals surface area contributed by atoms with Crippen LogP contribution in [0.4, 0.5) is 5.69 Å². The summed E-state index contributed by atoms with van der Waals surface area (Å²) >= 11 is 0. The second kappa shape index (κ2) is 10.3. The van der Waals surface area contributed by atoms with Gasteiger partial charge in [-0.05, 0) is 42.5 Å². The predicted octanol–water partition coefficient (Wildman–Crippen LogP) is 4.13. The molecule has 1 amide bonds. The molecule has 3 rings (SSSR count). The highest BCUT2D eigenvalue weighted by molar-refractivity contribution is 5.92. The highest BCUT2D eigenvalue weighted by atomic mass is 16.5. The standard InChI is InChI=1S/C23H32N2O2/c1-2-14-25(19-21-6-4-3-5-7-21)23(26)13-10-20-8-11-22(12-9-20)24-15-17-27-18-16-24/h2,8-13,21H,1,3-7,14-19H2/b13-10+. The van der Waals surface area contributed by atoms with Crippen LogP contribution in [0, 0.1) is 5.92 Å². The van der Waals surface area contributed by atoms with Crippen LogP contribution in [0.15, 0.2) is 43.0 Å². The highest BCUT2D eigenvalue weighted by Gasteiger charge is 2.19. The Hall–Kier alpha value is -2.07. The molecule has 1 saturated carbocycles. The van der Waals surface area contributed by atoms with Crippen LogP contribution in [-0.2, 0) is 9.53 Å². The third kappa shape index (κ3) is 5.96. The van der Waals surface area contributed by atoms with Gasteiger partial charge in [0.05, 0.1) is 13.2 Å². The number of rotatable bonds is 7. The molecule has 2 aliphatic rings. The number of anilines is 1. The third-order valence-corrected chi connectivity index (χ3v) is 5.55. The first kappa shape index (κ1) is 19.7. The number of carbonyl (C=O) groups is 1. The van der Waals surface area contributed by atoms with Crippen LogP contribution in [0.3, 0.4) is 0 Å². The smallest absolute Gasteiger partial charge is 0.246 e. The maximum Gasteiger partial charge on any atom is 0.246 e. The molecule has 1 aliphatic heterocycles. The van der Waals surface area contributed by atoms with E-state index in [4.69, 9.17) is 4.74 Å². The van der Waals surface area contributed by atoms with Gasteiger partial charge < -0.3 is 14.5 Å². The van der Waals surface area contributed by atoms with E-state index in [0.717, 1.165) is 38.4 Å². The van der Waals surface area contributed by atoms with E-state index in [1.807, 2.05) is 17.1 Å². The summed E-state index contributed by atoms with van der Waals surface area (Å²) in [6, 6.07) is 8.40. The summed E-state index contributed by atoms with van der Waals surface area (Å²) in [4.78, 5) is 16.9. The van der Waals surface area contributed by atoms with E-state index in [0.29, 0.717) is 12.5 Å². The average molecular weight is 369 g/mol. The quantitative estimate of drug-likeness (QED) is 0.536. The Bertz CT molecular complexity index is 626. The summed E-state index contributed by atoms with van der Waals surface area (Å²) in [6.07, 6.45) is 11.9. The lowest BCUT2D eigenvalue weighted by Crippen LogP contribution is -2.36. The van der Waals surface area contributed by atoms with Crippen molar-refractivity contribution in [2.45, 2.75) is 32.1 Å². The molecule has 0 N–H and O–H groups in total. The minimum Gasteiger partial charge on any atom is -0.378 e. The van der Waals surface area contributed by atoms with Crippen molar-refractivity contribution < 1.29 is 9.53 Å². The zero-order valence-electron chi connectivity index (χ0n) is 16.3. The van der Waals surface area contributed by atoms with Gasteiger partial charge in [-0.25, -0.2) is 0 Å². The fraction of sp³-hybridized carbons (Fsp3) is 0.522. The van der Waals surface area contributed by atoms with Crippen LogP contribution in [0.25, 0.3) is 6.08 Å². The van der Waals surface area contributed by atoms with Gasteiger partial charge in [-0.2, -0.15) is 0 Å². The highest BCUT2D eigenvalue weighted by Crippen LogP contribution is 2.24. The van der Waals surface area contributed by atoms with Gasteiger partial charge in [0.2, 0.25) is 5.91 Å². The van der Waals surface area contributed by atoms with E-state index in [1.165, 1.54) is 37.8 Å². The van der Waals surface area contributed by atoms with Crippen LogP contribution in [0.2, 0.25) is 0 Å². The number of hydrogen-bond acceptors (Lipinski definition) is 3. The lowest BCUT2D eigenvalue weighted by atomic mass is 9.89. The number of amides is 1. The van der Waals surface area contributed by atoms with E-state index in [1.54, 1.807) is 6.08 Å². The Labute approximate surface area is 163 Å². The van der Waals surface area contributed by atoms with Gasteiger partial charge in [0.15, 0.2) is 0 Å². The monoisotopic (exact) mass is 368 g/mol. The molecule has 146 valence electrons. The Kier molecular flexibility index (Phi) is 7.52. The predicted molar refractivity (Wildman–Crippen MR) is 112 cm³/mol. The zero-order valence-corrected chi connectivity index (χ0v) is 16.3. The Balaban J connectivity index is 1.57. The van der Waals surface area contributed by atoms with Crippen molar-refractivity contribution in [1.29, 1.82) is 0 Å². The van der Waals surface area contributed by atoms with E-state index >= 15 is 0 Å². The molecule has 1 heterocycles. The fourth-order valence-corrected chi connectivity index (χ4v) is 3.98. The van der Waals surface area contributed by atoms with Crippen LogP contribution >= 0.6 is 0 Å². The zero-order chi connectivity index (χ0) is 18.9. The van der Waals surface area contributed by atoms with Crippen molar-refractivity contribution in [3.05, 3.63) is 48.6 Å². The number of ether oxygens (including phenoxy) is 1. The molecular weight excluding hydrogens is 336 g/mol. The molecule has 0 atom stereocenters. The Morgan fingerprint density at radius 2 is 1.85 bits per heavy atom. The maximum atomic E-state index is 12.7. The minimum absolute atomic E-state index is 0.0812. The SMILES string of the molecule is C=CCN(CC1CCCCC1)C(=O)/C=C/c1ccc(N2CCOCC2)cc1. The summed E-state index contributed by atoms with van der Waals surface area (Å²) in [7, 11) is 0. The maximum absolute atomic E-state index is 12.7. The molecule has 0 radical (unpaired) electrons. The van der Waals surface area contributed by atoms with Gasteiger partial charge in [-0.15, -0.1) is 6.58 Å². The first-order chi connectivity index (χ1) is 13.3. The first-order valence-corrected chi connectivity index (χ1v) is 10.3. The molecule has 0 unspecified atom stereocenters. The van der Waals surface area contributed by atoms with Crippen molar-refractivity contribution in [2.24, 2.45) is 5.92 Å². The topological polar surface area (TPSA) is 32.8 Å². The Morgan fingerprint density at radius 3 is 2.52 bits per heavy atom. The molecule has 0 spiro atoms. The molecule has 1 saturated heterocycles. The van der Waals surface area contributed by atoms with Crippen LogP contribution in [0.1, 0.15) is 37.7 Å². The second-order valence-electron chi connectivity index (χ2n) is 7.56. The number of benzene rings is 1. The third-order valence-electron chi connectivity index (χ3n) is 5.55. The molecule has 1 aromatic rings. The number of morpholine rings is 1. The van der Waals surface area contributed by atoms with Crippen molar-refractivity contribution in [3.63, 3.8) is 0 Å². The minimum atomic E-state index is 0.0812. The van der Waals surface area contributed by atoms with E-state index in [-0.39, 0.29) is 5.91 Å². The summed E-state index contributed by atoms with van der Waals surface area (Å²) in [5.74, 6) is 0.724. The largest absolute Gasteiger partial charge is 0.378 e. The summed E-state index contributed by atoms with van der Waals surface area (Å²) in [5, 5.41) is 0. The van der Waals surface area contributed by atoms with E-state index in [2.05, 4.69) is 35.7 Å². The van der Waals surface area contributed by atoms with Crippen molar-refractivity contribution in [2.75, 3.05) is 44.3 Å². The van der Waals surface area contributed by atoms with Crippen molar-refractivity contribution in [3.8, 4) is 0 Å². The molecule has 1 aliphatic carbocycles. The van der Waals surface area contributed by atoms with Crippen molar-refractivity contribution >= 4 is 17.7 Å². The molecule has 4 nitrogen and oxygen atoms in total. The molecular formula is C23H32N2O2. The van der Waals surface area contributed by atoms with E-state index < -0.39 is 0 Å². The van der Waals surface area contributed by atoms with Gasteiger partial charge in [0, 0.05) is 37.9 Å². The second-order valence-corrected chi connectivity index (χ2v) is 7.56. The molecule has 4 heteroatoms. The summed E-state index contributed by atoms with van der Waals surface area (Å²) in [5.41, 5.74) is 2.27. The van der Waals surface area contributed by atoms with Gasteiger partial charge in [0.1, 0.15) is 0 Å². The molecule has 0 aromatic heterocycles. The first-order valence-electron chi connectivity index (χ1n) is 10.3. The Morgan fingerprint density at radius 1 is 1.15 bits per heavy atom. The fourth-order valence-electron chi connectivity index (χ4n) is 3.98. The van der Waals surface area contributed by atoms with Crippen LogP contribution in [0.5, 0.6) is 0 Å². The normalized spacial score (nSPS) is 18.6. The molecule has 2 fully saturated rings. The molecule has 27 heavy (non-hydrogen) atoms.